The first-order chi connectivity index (χ1) is 16.2. The quantitative estimate of drug-likeness (QED) is 0.350. The number of ether oxygens (including phenoxy) is 1. The first-order valence-electron chi connectivity index (χ1n) is 10.3. The minimum Gasteiger partial charge on any atom is -0.463 e. The number of furan rings is 1. The second kappa shape index (κ2) is 9.44. The van der Waals surface area contributed by atoms with Gasteiger partial charge >= 0.3 is 12.0 Å². The third-order valence-electron chi connectivity index (χ3n) is 5.85. The lowest BCUT2D eigenvalue weighted by Gasteiger charge is -2.50. The Morgan fingerprint density at radius 2 is 1.88 bits per heavy atom. The molecule has 2 saturated heterocycles. The molecule has 4 atom stereocenters. The fourth-order valence-electron chi connectivity index (χ4n) is 4.02. The molecule has 34 heavy (non-hydrogen) atoms. The van der Waals surface area contributed by atoms with Crippen LogP contribution in [0.3, 0.4) is 0 Å². The zero-order valence-electron chi connectivity index (χ0n) is 18.6. The summed E-state index contributed by atoms with van der Waals surface area (Å²) in [6.45, 7) is 0. The second-order valence-electron chi connectivity index (χ2n) is 7.87. The zero-order chi connectivity index (χ0) is 24.6. The van der Waals surface area contributed by atoms with Crippen LogP contribution in [0.4, 0.5) is 10.5 Å². The van der Waals surface area contributed by atoms with Gasteiger partial charge in [-0.25, -0.2) is 9.59 Å². The summed E-state index contributed by atoms with van der Waals surface area (Å²) in [6, 6.07) is 8.80. The van der Waals surface area contributed by atoms with Gasteiger partial charge in [0.15, 0.2) is 0 Å². The molecule has 1 aromatic heterocycles. The Balaban J connectivity index is 1.59. The number of hydrogen-bond donors (Lipinski definition) is 2. The maximum absolute atomic E-state index is 13.1. The number of nitro benzene ring substituents is 1. The van der Waals surface area contributed by atoms with Gasteiger partial charge < -0.3 is 14.1 Å². The van der Waals surface area contributed by atoms with E-state index in [0.717, 1.165) is 4.90 Å². The molecule has 4 unspecified atom stereocenters. The Labute approximate surface area is 198 Å². The lowest BCUT2D eigenvalue weighted by Crippen LogP contribution is -2.72. The van der Waals surface area contributed by atoms with E-state index in [2.05, 4.69) is 15.4 Å². The molecule has 2 aliphatic rings. The summed E-state index contributed by atoms with van der Waals surface area (Å²) in [7, 11) is 4.32. The summed E-state index contributed by atoms with van der Waals surface area (Å²) < 4.78 is 10.2. The largest absolute Gasteiger partial charge is 0.463 e. The van der Waals surface area contributed by atoms with Gasteiger partial charge in [-0.05, 0) is 29.8 Å². The summed E-state index contributed by atoms with van der Waals surface area (Å²) in [5.74, 6) is -0.574. The Kier molecular flexibility index (Phi) is 6.59. The highest BCUT2D eigenvalue weighted by Gasteiger charge is 2.51. The molecule has 180 valence electrons. The average Bonchev–Trinajstić information content (AvgIpc) is 3.33. The van der Waals surface area contributed by atoms with Crippen molar-refractivity contribution >= 4 is 35.4 Å². The topological polar surface area (TPSA) is 147 Å². The van der Waals surface area contributed by atoms with Crippen LogP contribution in [-0.2, 0) is 15.3 Å². The van der Waals surface area contributed by atoms with Crippen molar-refractivity contribution in [1.82, 2.24) is 20.4 Å². The molecule has 2 aromatic rings. The summed E-state index contributed by atoms with van der Waals surface area (Å²) >= 11 is 1.39. The molecule has 13 heteroatoms. The van der Waals surface area contributed by atoms with Crippen LogP contribution in [0.25, 0.3) is 0 Å². The number of benzene rings is 1. The van der Waals surface area contributed by atoms with E-state index in [1.807, 2.05) is 0 Å². The fraction of sp³-hybridized carbons (Fsp3) is 0.381. The van der Waals surface area contributed by atoms with Crippen molar-refractivity contribution < 1.29 is 28.5 Å². The number of fused-ring (bicyclic) bond motifs is 1. The lowest BCUT2D eigenvalue weighted by molar-refractivity contribution is -0.384. The molecular weight excluding hydrogens is 466 g/mol. The number of nitrogens with zero attached hydrogens (tertiary/aromatic N) is 3. The maximum Gasteiger partial charge on any atom is 0.373 e. The number of amides is 3. The molecule has 3 heterocycles. The number of nitro groups is 1. The number of non-ortho nitro benzene ring substituents is 1. The normalized spacial score (nSPS) is 24.7. The molecule has 2 aliphatic heterocycles. The minimum atomic E-state index is -0.609. The average molecular weight is 490 g/mol. The molecule has 0 aliphatic carbocycles. The maximum atomic E-state index is 13.1. The molecule has 4 rings (SSSR count). The van der Waals surface area contributed by atoms with Crippen molar-refractivity contribution in [2.75, 3.05) is 21.2 Å². The van der Waals surface area contributed by atoms with E-state index in [9.17, 15) is 24.5 Å². The number of nitrogens with one attached hydrogen (secondary N) is 2. The number of imide groups is 1. The highest BCUT2D eigenvalue weighted by Crippen LogP contribution is 2.36. The van der Waals surface area contributed by atoms with E-state index in [1.54, 1.807) is 25.2 Å². The van der Waals surface area contributed by atoms with Crippen LogP contribution in [0.1, 0.15) is 28.0 Å². The molecule has 2 N–H and O–H groups in total. The molecule has 0 saturated carbocycles. The van der Waals surface area contributed by atoms with Gasteiger partial charge in [0.1, 0.15) is 5.76 Å². The summed E-state index contributed by atoms with van der Waals surface area (Å²) in [5, 5.41) is 17.2. The van der Waals surface area contributed by atoms with Crippen molar-refractivity contribution in [3.8, 4) is 0 Å². The minimum absolute atomic E-state index is 0.0376. The molecule has 12 nitrogen and oxygen atoms in total. The summed E-state index contributed by atoms with van der Waals surface area (Å²) in [5.41, 5.74) is 0.678. The van der Waals surface area contributed by atoms with Gasteiger partial charge in [0.05, 0.1) is 41.4 Å². The number of hydrogen-bond acceptors (Lipinski definition) is 10. The molecular formula is C21H23N5O7S. The number of rotatable bonds is 6. The van der Waals surface area contributed by atoms with Crippen LogP contribution in [-0.4, -0.2) is 65.4 Å². The van der Waals surface area contributed by atoms with E-state index in [4.69, 9.17) is 4.42 Å². The summed E-state index contributed by atoms with van der Waals surface area (Å²) in [6.07, 6.45) is -1.08. The number of esters is 1. The monoisotopic (exact) mass is 489 g/mol. The van der Waals surface area contributed by atoms with Crippen molar-refractivity contribution in [3.63, 3.8) is 0 Å². The molecule has 2 fully saturated rings. The molecule has 0 bridgehead atoms. The van der Waals surface area contributed by atoms with Crippen molar-refractivity contribution in [3.05, 3.63) is 63.6 Å². The standard InChI is InChI=1S/C21H23N5O7S/c1-24-17-15(19(27)25(2)21(24)29)18(34-10-13-8-9-14(33-13)20(28)32-3)23-16(22-17)11-4-6-12(7-5-11)26(30)31/h4-9,15-18,22-23H,10H2,1-3H3. The van der Waals surface area contributed by atoms with Crippen LogP contribution < -0.4 is 10.6 Å². The highest BCUT2D eigenvalue weighted by atomic mass is 32.2. The SMILES string of the molecule is COC(=O)c1ccc(CSC2NC(c3ccc([N+](=O)[O-])cc3)NC3C2C(=O)N(C)C(=O)N3C)o1. The second-order valence-corrected chi connectivity index (χ2v) is 9.00. The van der Waals surface area contributed by atoms with Crippen molar-refractivity contribution in [1.29, 1.82) is 0 Å². The predicted octanol–water partition coefficient (Wildman–Crippen LogP) is 1.89. The zero-order valence-corrected chi connectivity index (χ0v) is 19.4. The number of urea groups is 1. The number of carbonyl (C=O) groups excluding carboxylic acids is 3. The first-order valence-corrected chi connectivity index (χ1v) is 11.4. The Morgan fingerprint density at radius 3 is 2.53 bits per heavy atom. The van der Waals surface area contributed by atoms with E-state index < -0.39 is 40.5 Å². The van der Waals surface area contributed by atoms with Gasteiger partial charge in [-0.3, -0.25) is 30.4 Å². The van der Waals surface area contributed by atoms with Crippen molar-refractivity contribution in [2.45, 2.75) is 23.5 Å². The first kappa shape index (κ1) is 23.7. The number of methoxy groups -OCH3 is 1. The third-order valence-corrected chi connectivity index (χ3v) is 7.09. The van der Waals surface area contributed by atoms with Crippen LogP contribution in [0, 0.1) is 16.0 Å². The number of carbonyl (C=O) groups is 3. The van der Waals surface area contributed by atoms with E-state index in [1.165, 1.54) is 49.0 Å². The van der Waals surface area contributed by atoms with Gasteiger partial charge in [-0.1, -0.05) is 0 Å². The van der Waals surface area contributed by atoms with Crippen molar-refractivity contribution in [2.24, 2.45) is 5.92 Å². The van der Waals surface area contributed by atoms with E-state index in [0.29, 0.717) is 17.1 Å². The van der Waals surface area contributed by atoms with E-state index >= 15 is 0 Å². The molecule has 0 spiro atoms. The smallest absolute Gasteiger partial charge is 0.373 e. The molecule has 0 radical (unpaired) electrons. The lowest BCUT2D eigenvalue weighted by atomic mass is 9.96. The predicted molar refractivity (Wildman–Crippen MR) is 120 cm³/mol. The van der Waals surface area contributed by atoms with Crippen LogP contribution in [0.2, 0.25) is 0 Å². The van der Waals surface area contributed by atoms with Gasteiger partial charge in [0, 0.05) is 26.2 Å². The molecule has 1 aromatic carbocycles. The van der Waals surface area contributed by atoms with Crippen LogP contribution >= 0.6 is 11.8 Å². The fourth-order valence-corrected chi connectivity index (χ4v) is 5.22. The van der Waals surface area contributed by atoms with Gasteiger partial charge in [-0.15, -0.1) is 11.8 Å². The van der Waals surface area contributed by atoms with E-state index in [-0.39, 0.29) is 17.4 Å². The Morgan fingerprint density at radius 1 is 1.18 bits per heavy atom. The Bertz CT molecular complexity index is 1120. The highest BCUT2D eigenvalue weighted by molar-refractivity contribution is 7.99. The Hall–Kier alpha value is -3.42. The van der Waals surface area contributed by atoms with Gasteiger partial charge in [-0.2, -0.15) is 0 Å². The molecule has 3 amide bonds. The third kappa shape index (κ3) is 4.36. The van der Waals surface area contributed by atoms with Crippen LogP contribution in [0.5, 0.6) is 0 Å². The number of thioether (sulfide) groups is 1. The van der Waals surface area contributed by atoms with Gasteiger partial charge in [0.25, 0.3) is 5.69 Å². The van der Waals surface area contributed by atoms with Gasteiger partial charge in [0.2, 0.25) is 11.7 Å². The van der Waals surface area contributed by atoms with Crippen LogP contribution in [0.15, 0.2) is 40.8 Å². The summed E-state index contributed by atoms with van der Waals surface area (Å²) in [4.78, 5) is 50.4.